The summed E-state index contributed by atoms with van der Waals surface area (Å²) in [5, 5.41) is 0. The standard InChI is InChI=1S/C10H15.Co.2HI/c1-6-7(2)9(4)10(5)8(6)3;;;/h1-5H3;;2*1H/q-1;+3;;/p-2. The van der Waals surface area contributed by atoms with Gasteiger partial charge >= 0.3 is 49.1 Å². The first-order chi connectivity index (χ1) is 5.97. The molecule has 0 heterocycles. The maximum atomic E-state index is 2.24. The van der Waals surface area contributed by atoms with E-state index in [9.17, 15) is 0 Å². The van der Waals surface area contributed by atoms with Crippen molar-refractivity contribution in [3.05, 3.63) is 27.8 Å². The van der Waals surface area contributed by atoms with E-state index in [4.69, 9.17) is 0 Å². The third kappa shape index (κ3) is 3.75. The molecule has 0 spiro atoms. The molecule has 1 rings (SSSR count). The Morgan fingerprint density at radius 3 is 1.23 bits per heavy atom. The summed E-state index contributed by atoms with van der Waals surface area (Å²) in [6.07, 6.45) is 0. The predicted molar refractivity (Wildman–Crippen MR) is 73.8 cm³/mol. The van der Waals surface area contributed by atoms with Gasteiger partial charge in [0.05, 0.1) is 0 Å². The van der Waals surface area contributed by atoms with Crippen LogP contribution < -0.4 is 0 Å². The van der Waals surface area contributed by atoms with Gasteiger partial charge in [-0.15, -0.1) is 0 Å². The van der Waals surface area contributed by atoms with Gasteiger partial charge in [0.1, 0.15) is 0 Å². The van der Waals surface area contributed by atoms with Crippen LogP contribution in [0.15, 0.2) is 0 Å². The minimum absolute atomic E-state index is 1.38. The molecule has 0 bridgehead atoms. The topological polar surface area (TPSA) is 0 Å². The van der Waals surface area contributed by atoms with Crippen molar-refractivity contribution in [1.29, 1.82) is 0 Å². The number of halogens is 2. The summed E-state index contributed by atoms with van der Waals surface area (Å²) >= 11 is 4.49. The summed E-state index contributed by atoms with van der Waals surface area (Å²) in [7, 11) is 1.38. The van der Waals surface area contributed by atoms with E-state index in [1.54, 1.807) is 0 Å². The van der Waals surface area contributed by atoms with Crippen LogP contribution in [0.4, 0.5) is 0 Å². The van der Waals surface area contributed by atoms with E-state index < -0.39 is 0 Å². The molecule has 0 nitrogen and oxygen atoms in total. The Labute approximate surface area is 110 Å². The zero-order chi connectivity index (χ0) is 10.6. The fourth-order valence-electron chi connectivity index (χ4n) is 1.41. The molecule has 3 heteroatoms. The Morgan fingerprint density at radius 2 is 1.15 bits per heavy atom. The van der Waals surface area contributed by atoms with Crippen molar-refractivity contribution < 1.29 is 8.26 Å². The number of hydrogen-bond donors (Lipinski definition) is 0. The molecule has 0 amide bonds. The van der Waals surface area contributed by atoms with Crippen molar-refractivity contribution in [3.63, 3.8) is 0 Å². The molecule has 78 valence electrons. The molecule has 1 aromatic carbocycles. The van der Waals surface area contributed by atoms with Gasteiger partial charge in [-0.2, -0.15) is 27.8 Å². The van der Waals surface area contributed by atoms with Crippen molar-refractivity contribution in [2.75, 3.05) is 0 Å². The van der Waals surface area contributed by atoms with Gasteiger partial charge in [-0.05, 0) is 0 Å². The summed E-state index contributed by atoms with van der Waals surface area (Å²) in [5.41, 5.74) is 7.34. The van der Waals surface area contributed by atoms with Crippen molar-refractivity contribution >= 4 is 40.8 Å². The molecule has 0 saturated carbocycles. The predicted octanol–water partition coefficient (Wildman–Crippen LogP) is 4.72. The van der Waals surface area contributed by atoms with Crippen LogP contribution in [0.2, 0.25) is 0 Å². The summed E-state index contributed by atoms with van der Waals surface area (Å²) in [4.78, 5) is 0. The van der Waals surface area contributed by atoms with Crippen molar-refractivity contribution in [1.82, 2.24) is 0 Å². The van der Waals surface area contributed by atoms with Crippen LogP contribution in [0.3, 0.4) is 0 Å². The molecule has 0 fully saturated rings. The van der Waals surface area contributed by atoms with Gasteiger partial charge in [0, 0.05) is 0 Å². The molecule has 0 radical (unpaired) electrons. The van der Waals surface area contributed by atoms with Gasteiger partial charge in [-0.3, -0.25) is 0 Å². The fourth-order valence-corrected chi connectivity index (χ4v) is 1.41. The van der Waals surface area contributed by atoms with Gasteiger partial charge in [-0.1, -0.05) is 34.6 Å². The Morgan fingerprint density at radius 1 is 0.923 bits per heavy atom. The van der Waals surface area contributed by atoms with Crippen molar-refractivity contribution in [3.8, 4) is 0 Å². The van der Waals surface area contributed by atoms with Crippen molar-refractivity contribution in [2.45, 2.75) is 34.6 Å². The molecule has 0 aromatic heterocycles. The van der Waals surface area contributed by atoms with Crippen LogP contribution >= 0.6 is 40.8 Å². The van der Waals surface area contributed by atoms with Crippen LogP contribution in [-0.4, -0.2) is 0 Å². The quantitative estimate of drug-likeness (QED) is 0.399. The first-order valence-electron chi connectivity index (χ1n) is 4.00. The zero-order valence-corrected chi connectivity index (χ0v) is 13.9. The Hall–Kier alpha value is 1.32. The van der Waals surface area contributed by atoms with Crippen molar-refractivity contribution in [2.24, 2.45) is 0 Å². The molecule has 0 aliphatic heterocycles. The summed E-state index contributed by atoms with van der Waals surface area (Å²) < 4.78 is 0. The molecular weight excluding hydrogens is 433 g/mol. The van der Waals surface area contributed by atoms with Crippen LogP contribution in [0, 0.1) is 34.6 Å². The first-order valence-corrected chi connectivity index (χ1v) is 10.7. The number of rotatable bonds is 0. The summed E-state index contributed by atoms with van der Waals surface area (Å²) in [5.74, 6) is 0. The molecule has 0 atom stereocenters. The SMILES string of the molecule is Cc1c(C)c(C)[c-](C)c1C.[I][Co+][I]. The first kappa shape index (κ1) is 14.3. The average molecular weight is 448 g/mol. The van der Waals surface area contributed by atoms with Gasteiger partial charge in [-0.25, -0.2) is 0 Å². The molecule has 1 aromatic rings. The molecule has 0 saturated heterocycles. The third-order valence-electron chi connectivity index (χ3n) is 2.81. The molecule has 0 aliphatic carbocycles. The average Bonchev–Trinajstić information content (AvgIpc) is 2.25. The van der Waals surface area contributed by atoms with Gasteiger partial charge in [0.2, 0.25) is 0 Å². The number of hydrogen-bond acceptors (Lipinski definition) is 0. The zero-order valence-electron chi connectivity index (χ0n) is 8.59. The van der Waals surface area contributed by atoms with Gasteiger partial charge in [0.15, 0.2) is 0 Å². The second-order valence-corrected chi connectivity index (χ2v) is 12.0. The second kappa shape index (κ2) is 6.74. The second-order valence-electron chi connectivity index (χ2n) is 3.17. The van der Waals surface area contributed by atoms with E-state index in [2.05, 4.69) is 75.4 Å². The van der Waals surface area contributed by atoms with E-state index in [0.29, 0.717) is 0 Å². The monoisotopic (exact) mass is 448 g/mol. The molecular formula is C10H15CoI2. The van der Waals surface area contributed by atoms with Crippen LogP contribution in [-0.2, 0) is 8.26 Å². The molecule has 0 unspecified atom stereocenters. The van der Waals surface area contributed by atoms with Crippen LogP contribution in [0.5, 0.6) is 0 Å². The van der Waals surface area contributed by atoms with E-state index in [1.165, 1.54) is 36.1 Å². The van der Waals surface area contributed by atoms with Gasteiger partial charge < -0.3 is 0 Å². The fraction of sp³-hybridized carbons (Fsp3) is 0.500. The molecule has 0 aliphatic rings. The van der Waals surface area contributed by atoms with Gasteiger partial charge in [0.25, 0.3) is 0 Å². The molecule has 13 heavy (non-hydrogen) atoms. The Balaban J connectivity index is 0.000000424. The van der Waals surface area contributed by atoms with Crippen LogP contribution in [0.25, 0.3) is 0 Å². The van der Waals surface area contributed by atoms with E-state index in [0.717, 1.165) is 0 Å². The summed E-state index contributed by atoms with van der Waals surface area (Å²) in [6.45, 7) is 11.0. The normalized spacial score (nSPS) is 9.77. The van der Waals surface area contributed by atoms with E-state index in [-0.39, 0.29) is 0 Å². The Bertz CT molecular complexity index is 197. The van der Waals surface area contributed by atoms with E-state index in [1.807, 2.05) is 0 Å². The molecule has 0 N–H and O–H groups in total. The van der Waals surface area contributed by atoms with Crippen LogP contribution in [0.1, 0.15) is 27.8 Å². The Kier molecular flexibility index (Phi) is 7.42. The third-order valence-corrected chi connectivity index (χ3v) is 2.81. The summed E-state index contributed by atoms with van der Waals surface area (Å²) in [6, 6.07) is 0. The maximum absolute atomic E-state index is 2.24. The van der Waals surface area contributed by atoms with E-state index >= 15 is 0 Å². The minimum atomic E-state index is 1.38.